The van der Waals surface area contributed by atoms with Crippen LogP contribution < -0.4 is 5.32 Å². The van der Waals surface area contributed by atoms with Gasteiger partial charge in [0, 0.05) is 7.05 Å². The van der Waals surface area contributed by atoms with Crippen molar-refractivity contribution >= 4 is 11.9 Å². The predicted octanol–water partition coefficient (Wildman–Crippen LogP) is 2.02. The molecule has 1 unspecified atom stereocenters. The van der Waals surface area contributed by atoms with Crippen LogP contribution in [0.3, 0.4) is 0 Å². The normalized spacial score (nSPS) is 13.6. The highest BCUT2D eigenvalue weighted by Crippen LogP contribution is 2.27. The van der Waals surface area contributed by atoms with E-state index >= 15 is 0 Å². The van der Waals surface area contributed by atoms with Gasteiger partial charge in [0.05, 0.1) is 11.8 Å². The summed E-state index contributed by atoms with van der Waals surface area (Å²) in [7, 11) is 1.61. The average molecular weight is 263 g/mol. The lowest BCUT2D eigenvalue weighted by Crippen LogP contribution is -2.29. The molecular weight excluding hydrogens is 242 g/mol. The number of hydrogen-bond acceptors (Lipinski definition) is 2. The number of rotatable bonds is 6. The first-order valence-electron chi connectivity index (χ1n) is 6.43. The standard InChI is InChI=1S/C15H21NO3/c1-4-15(2,14(18)19)10-12-7-5-11(6-8-12)9-13(17)16-3/h5-8H,4,9-10H2,1-3H3,(H,16,17)(H,18,19). The van der Waals surface area contributed by atoms with Gasteiger partial charge in [-0.3, -0.25) is 9.59 Å². The minimum Gasteiger partial charge on any atom is -0.481 e. The number of carboxylic acid groups (broad SMARTS) is 1. The third kappa shape index (κ3) is 4.09. The lowest BCUT2D eigenvalue weighted by molar-refractivity contribution is -0.148. The summed E-state index contributed by atoms with van der Waals surface area (Å²) in [6, 6.07) is 7.55. The molecule has 0 fully saturated rings. The van der Waals surface area contributed by atoms with Crippen LogP contribution in [-0.4, -0.2) is 24.0 Å². The van der Waals surface area contributed by atoms with Gasteiger partial charge in [0.15, 0.2) is 0 Å². The number of carbonyl (C=O) groups excluding carboxylic acids is 1. The third-order valence-electron chi connectivity index (χ3n) is 3.56. The molecule has 4 heteroatoms. The van der Waals surface area contributed by atoms with E-state index in [0.29, 0.717) is 19.3 Å². The summed E-state index contributed by atoms with van der Waals surface area (Å²) >= 11 is 0. The second-order valence-electron chi connectivity index (χ2n) is 5.06. The van der Waals surface area contributed by atoms with Crippen LogP contribution in [0, 0.1) is 5.41 Å². The van der Waals surface area contributed by atoms with E-state index in [0.717, 1.165) is 11.1 Å². The molecule has 1 rings (SSSR count). The average Bonchev–Trinajstić information content (AvgIpc) is 2.40. The maximum atomic E-state index is 11.3. The number of likely N-dealkylation sites (N-methyl/N-ethyl adjacent to an activating group) is 1. The first-order valence-corrected chi connectivity index (χ1v) is 6.43. The number of hydrogen-bond donors (Lipinski definition) is 2. The molecule has 0 aliphatic carbocycles. The lowest BCUT2D eigenvalue weighted by atomic mass is 9.81. The second-order valence-corrected chi connectivity index (χ2v) is 5.06. The van der Waals surface area contributed by atoms with Crippen molar-refractivity contribution in [1.82, 2.24) is 5.32 Å². The second kappa shape index (κ2) is 6.36. The van der Waals surface area contributed by atoms with Crippen LogP contribution in [0.4, 0.5) is 0 Å². The van der Waals surface area contributed by atoms with Crippen molar-refractivity contribution in [3.8, 4) is 0 Å². The van der Waals surface area contributed by atoms with Gasteiger partial charge < -0.3 is 10.4 Å². The van der Waals surface area contributed by atoms with Crippen molar-refractivity contribution in [1.29, 1.82) is 0 Å². The van der Waals surface area contributed by atoms with E-state index < -0.39 is 11.4 Å². The summed E-state index contributed by atoms with van der Waals surface area (Å²) < 4.78 is 0. The molecule has 1 aromatic rings. The van der Waals surface area contributed by atoms with Crippen LogP contribution in [0.1, 0.15) is 31.4 Å². The fourth-order valence-corrected chi connectivity index (χ4v) is 1.85. The molecule has 0 aliphatic heterocycles. The molecule has 0 bridgehead atoms. The van der Waals surface area contributed by atoms with Crippen LogP contribution in [0.2, 0.25) is 0 Å². The molecule has 1 amide bonds. The fourth-order valence-electron chi connectivity index (χ4n) is 1.85. The number of carbonyl (C=O) groups is 2. The number of amides is 1. The van der Waals surface area contributed by atoms with E-state index in [4.69, 9.17) is 0 Å². The highest BCUT2D eigenvalue weighted by atomic mass is 16.4. The lowest BCUT2D eigenvalue weighted by Gasteiger charge is -2.23. The Hall–Kier alpha value is -1.84. The molecule has 0 radical (unpaired) electrons. The number of nitrogens with one attached hydrogen (secondary N) is 1. The molecular formula is C15H21NO3. The Labute approximate surface area is 113 Å². The highest BCUT2D eigenvalue weighted by Gasteiger charge is 2.31. The topological polar surface area (TPSA) is 66.4 Å². The van der Waals surface area contributed by atoms with Gasteiger partial charge in [0.1, 0.15) is 0 Å². The van der Waals surface area contributed by atoms with Crippen LogP contribution in [0.5, 0.6) is 0 Å². The molecule has 104 valence electrons. The molecule has 0 heterocycles. The fraction of sp³-hybridized carbons (Fsp3) is 0.467. The summed E-state index contributed by atoms with van der Waals surface area (Å²) in [6.07, 6.45) is 1.43. The molecule has 0 saturated heterocycles. The maximum absolute atomic E-state index is 11.3. The zero-order valence-corrected chi connectivity index (χ0v) is 11.7. The zero-order chi connectivity index (χ0) is 14.5. The van der Waals surface area contributed by atoms with E-state index in [2.05, 4.69) is 5.32 Å². The van der Waals surface area contributed by atoms with Crippen LogP contribution in [0.15, 0.2) is 24.3 Å². The van der Waals surface area contributed by atoms with E-state index in [-0.39, 0.29) is 5.91 Å². The summed E-state index contributed by atoms with van der Waals surface area (Å²) in [6.45, 7) is 3.64. The highest BCUT2D eigenvalue weighted by molar-refractivity contribution is 5.78. The van der Waals surface area contributed by atoms with Crippen molar-refractivity contribution in [3.05, 3.63) is 35.4 Å². The Morgan fingerprint density at radius 3 is 2.16 bits per heavy atom. The van der Waals surface area contributed by atoms with E-state index in [1.165, 1.54) is 0 Å². The van der Waals surface area contributed by atoms with Crippen molar-refractivity contribution in [3.63, 3.8) is 0 Å². The van der Waals surface area contributed by atoms with Crippen molar-refractivity contribution in [2.24, 2.45) is 5.41 Å². The van der Waals surface area contributed by atoms with Crippen molar-refractivity contribution in [2.75, 3.05) is 7.05 Å². The van der Waals surface area contributed by atoms with Crippen LogP contribution in [-0.2, 0) is 22.4 Å². The summed E-state index contributed by atoms with van der Waals surface area (Å²) in [5, 5.41) is 11.8. The number of carboxylic acids is 1. The molecule has 0 saturated carbocycles. The summed E-state index contributed by atoms with van der Waals surface area (Å²) in [4.78, 5) is 22.5. The summed E-state index contributed by atoms with van der Waals surface area (Å²) in [5.74, 6) is -0.805. The van der Waals surface area contributed by atoms with Crippen molar-refractivity contribution < 1.29 is 14.7 Å². The van der Waals surface area contributed by atoms with E-state index in [9.17, 15) is 14.7 Å². The van der Waals surface area contributed by atoms with E-state index in [1.807, 2.05) is 31.2 Å². The Bertz CT molecular complexity index is 453. The first kappa shape index (κ1) is 15.2. The van der Waals surface area contributed by atoms with Gasteiger partial charge in [-0.25, -0.2) is 0 Å². The molecule has 0 spiro atoms. The molecule has 2 N–H and O–H groups in total. The molecule has 1 aromatic carbocycles. The molecule has 0 aliphatic rings. The first-order chi connectivity index (χ1) is 8.91. The van der Waals surface area contributed by atoms with Gasteiger partial charge in [-0.2, -0.15) is 0 Å². The van der Waals surface area contributed by atoms with Crippen LogP contribution >= 0.6 is 0 Å². The minimum absolute atomic E-state index is 0.0308. The van der Waals surface area contributed by atoms with Gasteiger partial charge in [-0.15, -0.1) is 0 Å². The Kier molecular flexibility index (Phi) is 5.10. The van der Waals surface area contributed by atoms with Gasteiger partial charge in [-0.05, 0) is 30.9 Å². The largest absolute Gasteiger partial charge is 0.481 e. The zero-order valence-electron chi connectivity index (χ0n) is 11.7. The van der Waals surface area contributed by atoms with E-state index in [1.54, 1.807) is 14.0 Å². The monoisotopic (exact) mass is 263 g/mol. The van der Waals surface area contributed by atoms with Gasteiger partial charge in [-0.1, -0.05) is 31.2 Å². The molecule has 19 heavy (non-hydrogen) atoms. The summed E-state index contributed by atoms with van der Waals surface area (Å²) in [5.41, 5.74) is 1.17. The Morgan fingerprint density at radius 1 is 1.21 bits per heavy atom. The molecule has 4 nitrogen and oxygen atoms in total. The van der Waals surface area contributed by atoms with Crippen LogP contribution in [0.25, 0.3) is 0 Å². The maximum Gasteiger partial charge on any atom is 0.309 e. The van der Waals surface area contributed by atoms with Crippen molar-refractivity contribution in [2.45, 2.75) is 33.1 Å². The van der Waals surface area contributed by atoms with Gasteiger partial charge in [0.25, 0.3) is 0 Å². The molecule has 0 aromatic heterocycles. The number of benzene rings is 1. The van der Waals surface area contributed by atoms with Gasteiger partial charge in [0.2, 0.25) is 5.91 Å². The smallest absolute Gasteiger partial charge is 0.309 e. The SMILES string of the molecule is CCC(C)(Cc1ccc(CC(=O)NC)cc1)C(=O)O. The third-order valence-corrected chi connectivity index (χ3v) is 3.56. The Balaban J connectivity index is 2.77. The number of aliphatic carboxylic acids is 1. The van der Waals surface area contributed by atoms with Gasteiger partial charge >= 0.3 is 5.97 Å². The predicted molar refractivity (Wildman–Crippen MR) is 74.0 cm³/mol. The minimum atomic E-state index is -0.774. The Morgan fingerprint density at radius 2 is 1.74 bits per heavy atom. The quantitative estimate of drug-likeness (QED) is 0.825. The molecule has 1 atom stereocenters.